The van der Waals surface area contributed by atoms with Crippen molar-refractivity contribution in [2.45, 2.75) is 26.8 Å². The molecule has 2 N–H and O–H groups in total. The van der Waals surface area contributed by atoms with Crippen LogP contribution in [0.15, 0.2) is 6.33 Å². The molecular formula is C13H24N6O. The topological polar surface area (TPSA) is 80.3 Å². The van der Waals surface area contributed by atoms with Crippen molar-refractivity contribution in [2.75, 3.05) is 38.5 Å². The Morgan fingerprint density at radius 1 is 1.35 bits per heavy atom. The van der Waals surface area contributed by atoms with Crippen LogP contribution in [-0.2, 0) is 11.3 Å². The Bertz CT molecular complexity index is 436. The van der Waals surface area contributed by atoms with Gasteiger partial charge in [0.15, 0.2) is 0 Å². The molecule has 0 saturated carbocycles. The van der Waals surface area contributed by atoms with Crippen molar-refractivity contribution in [3.8, 4) is 0 Å². The van der Waals surface area contributed by atoms with Gasteiger partial charge in [-0.15, -0.1) is 5.10 Å². The van der Waals surface area contributed by atoms with Crippen LogP contribution in [0.2, 0.25) is 0 Å². The molecule has 0 bridgehead atoms. The number of nitrogens with two attached hydrogens (primary N) is 1. The van der Waals surface area contributed by atoms with Crippen molar-refractivity contribution in [1.29, 1.82) is 0 Å². The van der Waals surface area contributed by atoms with Gasteiger partial charge in [-0.2, -0.15) is 0 Å². The zero-order valence-electron chi connectivity index (χ0n) is 12.3. The maximum absolute atomic E-state index is 12.1. The van der Waals surface area contributed by atoms with E-state index < -0.39 is 0 Å². The minimum Gasteiger partial charge on any atom is -0.367 e. The molecule has 0 aliphatic carbocycles. The molecule has 0 radical (unpaired) electrons. The number of rotatable bonds is 5. The third-order valence-corrected chi connectivity index (χ3v) is 3.60. The van der Waals surface area contributed by atoms with Crippen LogP contribution >= 0.6 is 0 Å². The second kappa shape index (κ2) is 6.69. The number of anilines is 1. The molecule has 112 valence electrons. The summed E-state index contributed by atoms with van der Waals surface area (Å²) in [6.07, 6.45) is 2.71. The molecule has 1 saturated heterocycles. The number of aromatic nitrogens is 3. The summed E-state index contributed by atoms with van der Waals surface area (Å²) < 4.78 is 1.49. The zero-order chi connectivity index (χ0) is 14.5. The van der Waals surface area contributed by atoms with Gasteiger partial charge in [-0.3, -0.25) is 9.69 Å². The minimum absolute atomic E-state index is 0.0819. The van der Waals surface area contributed by atoms with Crippen LogP contribution in [0.1, 0.15) is 20.3 Å². The lowest BCUT2D eigenvalue weighted by Crippen LogP contribution is -2.49. The van der Waals surface area contributed by atoms with E-state index in [0.29, 0.717) is 0 Å². The maximum atomic E-state index is 12.1. The lowest BCUT2D eigenvalue weighted by atomic mass is 10.1. The molecule has 1 aliphatic rings. The molecule has 1 aromatic rings. The molecule has 0 atom stereocenters. The molecular weight excluding hydrogens is 256 g/mol. The number of nitrogens with zero attached hydrogens (tertiary/aromatic N) is 5. The van der Waals surface area contributed by atoms with E-state index in [-0.39, 0.29) is 18.4 Å². The fraction of sp³-hybridized carbons (Fsp3) is 0.769. The standard InChI is InChI=1S/C13H24N6O/c1-11(2)3-4-17-5-7-18(8-6-17)12(20)9-19-10-15-13(14)16-19/h10-11H,3-9H2,1-2H3,(H2,14,16). The van der Waals surface area contributed by atoms with Gasteiger partial charge < -0.3 is 10.6 Å². The molecule has 7 nitrogen and oxygen atoms in total. The minimum atomic E-state index is 0.0819. The first kappa shape index (κ1) is 14.8. The normalized spacial score (nSPS) is 16.9. The molecule has 1 aromatic heterocycles. The molecule has 0 spiro atoms. The highest BCUT2D eigenvalue weighted by atomic mass is 16.2. The Labute approximate surface area is 119 Å². The highest BCUT2D eigenvalue weighted by molar-refractivity contribution is 5.76. The molecule has 1 aliphatic heterocycles. The number of nitrogen functional groups attached to an aromatic ring is 1. The Hall–Kier alpha value is -1.63. The molecule has 7 heteroatoms. The monoisotopic (exact) mass is 280 g/mol. The van der Waals surface area contributed by atoms with Gasteiger partial charge in [0.2, 0.25) is 11.9 Å². The summed E-state index contributed by atoms with van der Waals surface area (Å²) in [5.74, 6) is 1.02. The van der Waals surface area contributed by atoms with Gasteiger partial charge in [0, 0.05) is 26.2 Å². The van der Waals surface area contributed by atoms with Gasteiger partial charge in [-0.05, 0) is 18.9 Å². The first-order valence-electron chi connectivity index (χ1n) is 7.19. The Kier molecular flexibility index (Phi) is 4.94. The van der Waals surface area contributed by atoms with E-state index in [1.54, 1.807) is 0 Å². The molecule has 0 unspecified atom stereocenters. The number of carbonyl (C=O) groups excluding carboxylic acids is 1. The van der Waals surface area contributed by atoms with Gasteiger partial charge in [-0.25, -0.2) is 9.67 Å². The predicted octanol–water partition coefficient (Wildman–Crippen LogP) is 0.0506. The lowest BCUT2D eigenvalue weighted by Gasteiger charge is -2.35. The third-order valence-electron chi connectivity index (χ3n) is 3.60. The first-order valence-corrected chi connectivity index (χ1v) is 7.19. The van der Waals surface area contributed by atoms with E-state index in [0.717, 1.165) is 38.6 Å². The Morgan fingerprint density at radius 2 is 2.05 bits per heavy atom. The summed E-state index contributed by atoms with van der Waals surface area (Å²) >= 11 is 0. The van der Waals surface area contributed by atoms with Gasteiger partial charge in [0.05, 0.1) is 0 Å². The fourth-order valence-electron chi connectivity index (χ4n) is 2.29. The van der Waals surface area contributed by atoms with Gasteiger partial charge in [0.25, 0.3) is 0 Å². The predicted molar refractivity (Wildman–Crippen MR) is 76.9 cm³/mol. The highest BCUT2D eigenvalue weighted by Gasteiger charge is 2.21. The van der Waals surface area contributed by atoms with Crippen LogP contribution in [0, 0.1) is 5.92 Å². The summed E-state index contributed by atoms with van der Waals surface area (Å²) in [5.41, 5.74) is 5.43. The summed E-state index contributed by atoms with van der Waals surface area (Å²) in [7, 11) is 0. The molecule has 1 amide bonds. The van der Waals surface area contributed by atoms with Crippen molar-refractivity contribution >= 4 is 11.9 Å². The lowest BCUT2D eigenvalue weighted by molar-refractivity contribution is -0.133. The van der Waals surface area contributed by atoms with Crippen molar-refractivity contribution in [2.24, 2.45) is 5.92 Å². The first-order chi connectivity index (χ1) is 9.54. The van der Waals surface area contributed by atoms with Crippen molar-refractivity contribution in [3.63, 3.8) is 0 Å². The van der Waals surface area contributed by atoms with E-state index in [9.17, 15) is 4.79 Å². The molecule has 1 fully saturated rings. The Morgan fingerprint density at radius 3 is 2.60 bits per heavy atom. The Balaban J connectivity index is 1.74. The summed E-state index contributed by atoms with van der Waals surface area (Å²) in [6.45, 7) is 9.32. The zero-order valence-corrected chi connectivity index (χ0v) is 12.3. The number of piperazine rings is 1. The molecule has 2 rings (SSSR count). The van der Waals surface area contributed by atoms with Crippen LogP contribution in [0.3, 0.4) is 0 Å². The quantitative estimate of drug-likeness (QED) is 0.824. The van der Waals surface area contributed by atoms with Crippen molar-refractivity contribution in [1.82, 2.24) is 24.6 Å². The van der Waals surface area contributed by atoms with E-state index in [1.807, 2.05) is 4.90 Å². The number of hydrogen-bond acceptors (Lipinski definition) is 5. The SMILES string of the molecule is CC(C)CCN1CCN(C(=O)Cn2cnc(N)n2)CC1. The molecule has 0 aromatic carbocycles. The van der Waals surface area contributed by atoms with E-state index in [4.69, 9.17) is 5.73 Å². The maximum Gasteiger partial charge on any atom is 0.244 e. The van der Waals surface area contributed by atoms with Gasteiger partial charge in [-0.1, -0.05) is 13.8 Å². The largest absolute Gasteiger partial charge is 0.367 e. The van der Waals surface area contributed by atoms with Crippen LogP contribution < -0.4 is 5.73 Å². The van der Waals surface area contributed by atoms with Gasteiger partial charge >= 0.3 is 0 Å². The second-order valence-electron chi connectivity index (χ2n) is 5.71. The van der Waals surface area contributed by atoms with E-state index in [2.05, 4.69) is 28.8 Å². The smallest absolute Gasteiger partial charge is 0.244 e. The van der Waals surface area contributed by atoms with Crippen LogP contribution in [0.4, 0.5) is 5.95 Å². The number of hydrogen-bond donors (Lipinski definition) is 1. The van der Waals surface area contributed by atoms with Crippen LogP contribution in [-0.4, -0.2) is 63.2 Å². The van der Waals surface area contributed by atoms with Crippen molar-refractivity contribution in [3.05, 3.63) is 6.33 Å². The molecule has 2 heterocycles. The van der Waals surface area contributed by atoms with Crippen molar-refractivity contribution < 1.29 is 4.79 Å². The fourth-order valence-corrected chi connectivity index (χ4v) is 2.29. The third kappa shape index (κ3) is 4.19. The number of amides is 1. The van der Waals surface area contributed by atoms with E-state index >= 15 is 0 Å². The number of carbonyl (C=O) groups is 1. The van der Waals surface area contributed by atoms with E-state index in [1.165, 1.54) is 17.4 Å². The summed E-state index contributed by atoms with van der Waals surface area (Å²) in [4.78, 5) is 20.3. The van der Waals surface area contributed by atoms with Crippen LogP contribution in [0.5, 0.6) is 0 Å². The summed E-state index contributed by atoms with van der Waals surface area (Å²) in [6, 6.07) is 0. The highest BCUT2D eigenvalue weighted by Crippen LogP contribution is 2.07. The average molecular weight is 280 g/mol. The van der Waals surface area contributed by atoms with Crippen LogP contribution in [0.25, 0.3) is 0 Å². The molecule has 20 heavy (non-hydrogen) atoms. The second-order valence-corrected chi connectivity index (χ2v) is 5.71. The summed E-state index contributed by atoms with van der Waals surface area (Å²) in [5, 5.41) is 3.93. The average Bonchev–Trinajstić information content (AvgIpc) is 2.82. The van der Waals surface area contributed by atoms with Gasteiger partial charge in [0.1, 0.15) is 12.9 Å².